The summed E-state index contributed by atoms with van der Waals surface area (Å²) in [5.41, 5.74) is 21.2. The highest BCUT2D eigenvalue weighted by Gasteiger charge is 2.43. The van der Waals surface area contributed by atoms with Gasteiger partial charge in [-0.05, 0) is 85.4 Å². The van der Waals surface area contributed by atoms with Crippen LogP contribution in [0.2, 0.25) is 39.3 Å². The molecule has 0 nitrogen and oxygen atoms in total. The molecule has 2 aromatic heterocycles. The van der Waals surface area contributed by atoms with E-state index >= 15 is 0 Å². The van der Waals surface area contributed by atoms with E-state index in [2.05, 4.69) is 306 Å². The first-order valence-electron chi connectivity index (χ1n) is 26.7. The molecular weight excluding hydrogens is 983 g/mol. The first-order chi connectivity index (χ1) is 37.0. The van der Waals surface area contributed by atoms with Gasteiger partial charge in [0.05, 0.1) is 16.1 Å². The molecule has 2 aliphatic rings. The average Bonchev–Trinajstić information content (AvgIpc) is 4.48. The number of thiophene rings is 2. The molecule has 0 N–H and O–H groups in total. The molecule has 0 saturated carbocycles. The van der Waals surface area contributed by atoms with Crippen LogP contribution in [0.1, 0.15) is 44.5 Å². The van der Waals surface area contributed by atoms with Crippen LogP contribution in [-0.4, -0.2) is 29.6 Å². The van der Waals surface area contributed by atoms with Crippen molar-refractivity contribution in [2.75, 3.05) is 0 Å². The number of hydrogen-bond donors (Lipinski definition) is 0. The van der Waals surface area contributed by atoms with Crippen LogP contribution in [0.3, 0.4) is 0 Å². The third-order valence-corrected chi connectivity index (χ3v) is 24.1. The summed E-state index contributed by atoms with van der Waals surface area (Å²) in [5, 5.41) is 0. The molecule has 0 unspecified atom stereocenters. The maximum Gasteiger partial charge on any atom is 0.256 e. The van der Waals surface area contributed by atoms with Gasteiger partial charge in [0.15, 0.2) is 0 Å². The van der Waals surface area contributed by atoms with Crippen molar-refractivity contribution in [2.24, 2.45) is 0 Å². The van der Waals surface area contributed by atoms with E-state index in [4.69, 9.17) is 0 Å². The van der Waals surface area contributed by atoms with Gasteiger partial charge in [-0.1, -0.05) is 328 Å². The fourth-order valence-electron chi connectivity index (χ4n) is 11.1. The minimum absolute atomic E-state index is 0.153. The van der Waals surface area contributed by atoms with Gasteiger partial charge in [0.2, 0.25) is 0 Å². The summed E-state index contributed by atoms with van der Waals surface area (Å²) in [6.45, 7) is 15.0. The van der Waals surface area contributed by atoms with Crippen LogP contribution >= 0.6 is 22.7 Å². The summed E-state index contributed by atoms with van der Waals surface area (Å²) < 4.78 is 5.97. The van der Waals surface area contributed by atoms with Crippen molar-refractivity contribution in [3.05, 3.63) is 311 Å². The molecule has 0 atom stereocenters. The Bertz CT molecular complexity index is 3270. The van der Waals surface area contributed by atoms with Gasteiger partial charge in [-0.3, -0.25) is 0 Å². The Morgan fingerprint density at radius 1 is 0.224 bits per heavy atom. The van der Waals surface area contributed by atoms with E-state index in [0.717, 1.165) is 0 Å². The van der Waals surface area contributed by atoms with E-state index in [0.29, 0.717) is 0 Å². The number of rotatable bonds is 12. The normalized spacial score (nSPS) is 13.9. The number of allylic oxidation sites excluding steroid dienone is 4. The van der Waals surface area contributed by atoms with E-state index in [1.807, 2.05) is 22.7 Å². The smallest absolute Gasteiger partial charge is 0.159 e. The highest BCUT2D eigenvalue weighted by Crippen LogP contribution is 2.53. The van der Waals surface area contributed by atoms with Crippen molar-refractivity contribution in [3.8, 4) is 0 Å². The largest absolute Gasteiger partial charge is 0.256 e. The molecular formula is C70H62B2S2Si2. The lowest BCUT2D eigenvalue weighted by Crippen LogP contribution is -2.36. The maximum absolute atomic E-state index is 2.45. The minimum Gasteiger partial charge on any atom is -0.159 e. The number of hydrogen-bond acceptors (Lipinski definition) is 2. The van der Waals surface area contributed by atoms with Gasteiger partial charge >= 0.3 is 0 Å². The predicted molar refractivity (Wildman–Crippen MR) is 344 cm³/mol. The van der Waals surface area contributed by atoms with Crippen LogP contribution in [0, 0.1) is 0 Å². The zero-order valence-electron chi connectivity index (χ0n) is 44.4. The Hall–Kier alpha value is -7.32. The van der Waals surface area contributed by atoms with Crippen molar-refractivity contribution >= 4 is 115 Å². The van der Waals surface area contributed by atoms with Crippen LogP contribution in [0.15, 0.2) is 267 Å². The third kappa shape index (κ3) is 10.4. The molecule has 0 spiro atoms. The van der Waals surface area contributed by atoms with Gasteiger partial charge in [0.25, 0.3) is 13.4 Å². The molecule has 76 heavy (non-hydrogen) atoms. The highest BCUT2D eigenvalue weighted by molar-refractivity contribution is 7.38. The molecule has 0 fully saturated rings. The Morgan fingerprint density at radius 2 is 0.408 bits per heavy atom. The summed E-state index contributed by atoms with van der Waals surface area (Å²) in [5.74, 6) is 0. The topological polar surface area (TPSA) is 0 Å². The van der Waals surface area contributed by atoms with Gasteiger partial charge in [-0.15, -0.1) is 0 Å². The highest BCUT2D eigenvalue weighted by atomic mass is 32.1. The van der Waals surface area contributed by atoms with Gasteiger partial charge in [0, 0.05) is 0 Å². The molecule has 2 aliphatic heterocycles. The average molecular weight is 1050 g/mol. The van der Waals surface area contributed by atoms with Gasteiger partial charge in [-0.25, -0.2) is 0 Å². The summed E-state index contributed by atoms with van der Waals surface area (Å²) in [6, 6.07) is 97.7. The number of benzene rings is 8. The SMILES string of the molecule is C[Si](C)(C)c1ccc(B2C(c3ccccc3)=C(c3ccccc3)C(c3ccccc3)=C2c2ccccc2)s1.C[Si](C)(C)c1ccc(B2C(c3ccccc3)=C(c3ccccc3)C(c3ccccc3)=C2c2ccccc2)s1. The standard InChI is InChI=1S/2C35H31BSSi/c2*1-38(2,3)31-25-24-30(37-31)36-34(28-20-12-6-13-21-28)32(26-16-8-4-9-17-26)33(27-18-10-5-11-19-27)35(36)29-22-14-7-15-23-29/h2*4-25H,1-3H3. The molecule has 0 radical (unpaired) electrons. The van der Waals surface area contributed by atoms with Crippen LogP contribution in [0.4, 0.5) is 0 Å². The quantitative estimate of drug-likeness (QED) is 0.107. The summed E-state index contributed by atoms with van der Waals surface area (Å²) in [6.07, 6.45) is 0. The Morgan fingerprint density at radius 3 is 0.579 bits per heavy atom. The lowest BCUT2D eigenvalue weighted by Gasteiger charge is -2.18. The maximum atomic E-state index is 2.45. The fraction of sp³-hybridized carbons (Fsp3) is 0.0857. The molecule has 0 amide bonds. The van der Waals surface area contributed by atoms with Gasteiger partial charge in [0.1, 0.15) is 0 Å². The second kappa shape index (κ2) is 22.1. The van der Waals surface area contributed by atoms with E-state index < -0.39 is 16.1 Å². The van der Waals surface area contributed by atoms with Crippen LogP contribution in [0.5, 0.6) is 0 Å². The molecule has 0 bridgehead atoms. The summed E-state index contributed by atoms with van der Waals surface area (Å²) in [4.78, 5) is 0. The zero-order valence-corrected chi connectivity index (χ0v) is 48.0. The predicted octanol–water partition coefficient (Wildman–Crippen LogP) is 16.6. The van der Waals surface area contributed by atoms with Crippen LogP contribution in [0.25, 0.3) is 44.2 Å². The molecule has 12 rings (SSSR count). The fourth-order valence-corrected chi connectivity index (χ4v) is 17.2. The van der Waals surface area contributed by atoms with Crippen molar-refractivity contribution in [2.45, 2.75) is 39.3 Å². The van der Waals surface area contributed by atoms with Crippen molar-refractivity contribution < 1.29 is 0 Å². The molecule has 10 aromatic rings. The molecule has 8 aromatic carbocycles. The Balaban J connectivity index is 0.000000162. The first-order valence-corrected chi connectivity index (χ1v) is 35.3. The van der Waals surface area contributed by atoms with Gasteiger partial charge < -0.3 is 0 Å². The Kier molecular flexibility index (Phi) is 14.8. The molecule has 0 saturated heterocycles. The van der Waals surface area contributed by atoms with Crippen LogP contribution < -0.4 is 18.6 Å². The first kappa shape index (κ1) is 50.8. The molecule has 4 heterocycles. The lowest BCUT2D eigenvalue weighted by molar-refractivity contribution is 1.58. The zero-order chi connectivity index (χ0) is 52.2. The van der Waals surface area contributed by atoms with E-state index in [-0.39, 0.29) is 13.4 Å². The van der Waals surface area contributed by atoms with Crippen molar-refractivity contribution in [1.29, 1.82) is 0 Å². The van der Waals surface area contributed by atoms with E-state index in [1.165, 1.54) is 98.2 Å². The Labute approximate surface area is 462 Å². The monoisotopic (exact) mass is 1040 g/mol. The molecule has 6 heteroatoms. The minimum atomic E-state index is -1.44. The summed E-state index contributed by atoms with van der Waals surface area (Å²) in [7, 11) is -2.88. The van der Waals surface area contributed by atoms with Gasteiger partial charge in [-0.2, -0.15) is 22.7 Å². The molecule has 368 valence electrons. The lowest BCUT2D eigenvalue weighted by atomic mass is 9.38. The van der Waals surface area contributed by atoms with E-state index in [1.54, 1.807) is 9.00 Å². The summed E-state index contributed by atoms with van der Waals surface area (Å²) >= 11 is 4.04. The second-order valence-corrected chi connectivity index (χ2v) is 34.9. The molecule has 0 aliphatic carbocycles. The van der Waals surface area contributed by atoms with Crippen molar-refractivity contribution in [3.63, 3.8) is 0 Å². The van der Waals surface area contributed by atoms with Crippen LogP contribution in [-0.2, 0) is 0 Å². The van der Waals surface area contributed by atoms with Crippen molar-refractivity contribution in [1.82, 2.24) is 0 Å². The second-order valence-electron chi connectivity index (χ2n) is 21.9. The van der Waals surface area contributed by atoms with E-state index in [9.17, 15) is 0 Å². The third-order valence-electron chi connectivity index (χ3n) is 14.6.